The van der Waals surface area contributed by atoms with Crippen LogP contribution in [0, 0.1) is 0 Å². The highest BCUT2D eigenvalue weighted by atomic mass is 32.2. The predicted octanol–water partition coefficient (Wildman–Crippen LogP) is 2.80. The minimum absolute atomic E-state index is 0.0688. The predicted molar refractivity (Wildman–Crippen MR) is 111 cm³/mol. The van der Waals surface area contributed by atoms with Gasteiger partial charge in [0.05, 0.1) is 22.9 Å². The molecule has 1 aliphatic rings. The van der Waals surface area contributed by atoms with Crippen molar-refractivity contribution >= 4 is 33.0 Å². The molecule has 0 bridgehead atoms. The summed E-state index contributed by atoms with van der Waals surface area (Å²) in [7, 11) is -2.20. The van der Waals surface area contributed by atoms with Gasteiger partial charge in [-0.1, -0.05) is 12.1 Å². The van der Waals surface area contributed by atoms with Crippen molar-refractivity contribution in [2.24, 2.45) is 0 Å². The molecule has 7 nitrogen and oxygen atoms in total. The lowest BCUT2D eigenvalue weighted by atomic mass is 10.2. The van der Waals surface area contributed by atoms with E-state index in [4.69, 9.17) is 4.74 Å². The lowest BCUT2D eigenvalue weighted by molar-refractivity contribution is -0.117. The van der Waals surface area contributed by atoms with Crippen LogP contribution in [0.15, 0.2) is 47.4 Å². The molecule has 0 fully saturated rings. The molecule has 29 heavy (non-hydrogen) atoms. The van der Waals surface area contributed by atoms with Gasteiger partial charge < -0.3 is 15.0 Å². The van der Waals surface area contributed by atoms with E-state index in [2.05, 4.69) is 5.32 Å². The number of sulfone groups is 1. The summed E-state index contributed by atoms with van der Waals surface area (Å²) in [6.07, 6.45) is 0.429. The van der Waals surface area contributed by atoms with Crippen LogP contribution in [-0.2, 0) is 25.8 Å². The van der Waals surface area contributed by atoms with Crippen molar-refractivity contribution in [3.8, 4) is 5.75 Å². The zero-order valence-corrected chi connectivity index (χ0v) is 17.5. The molecule has 2 amide bonds. The van der Waals surface area contributed by atoms with Crippen LogP contribution in [0.25, 0.3) is 0 Å². The summed E-state index contributed by atoms with van der Waals surface area (Å²) in [6.45, 7) is 3.56. The topological polar surface area (TPSA) is 92.8 Å². The van der Waals surface area contributed by atoms with Gasteiger partial charge in [0.1, 0.15) is 5.75 Å². The lowest BCUT2D eigenvalue weighted by Crippen LogP contribution is -2.26. The van der Waals surface area contributed by atoms with Gasteiger partial charge in [-0.2, -0.15) is 0 Å². The highest BCUT2D eigenvalue weighted by Crippen LogP contribution is 2.32. The third kappa shape index (κ3) is 4.27. The summed E-state index contributed by atoms with van der Waals surface area (Å²) in [5, 5.41) is 1.80. The molecule has 0 aliphatic carbocycles. The quantitative estimate of drug-likeness (QED) is 0.782. The summed E-state index contributed by atoms with van der Waals surface area (Å²) in [4.78, 5) is 25.9. The van der Waals surface area contributed by atoms with E-state index >= 15 is 0 Å². The first-order valence-corrected chi connectivity index (χ1v) is 10.9. The maximum absolute atomic E-state index is 13.0. The molecule has 1 unspecified atom stereocenters. The molecule has 1 atom stereocenters. The number of hydrogen-bond donors (Lipinski definition) is 1. The van der Waals surface area contributed by atoms with Crippen molar-refractivity contribution in [1.82, 2.24) is 0 Å². The van der Waals surface area contributed by atoms with E-state index in [-0.39, 0.29) is 17.2 Å². The number of carbonyl (C=O) groups is 2. The first kappa shape index (κ1) is 20.9. The number of hydrogen-bond acceptors (Lipinski definition) is 5. The number of ether oxygens (including phenoxy) is 1. The highest BCUT2D eigenvalue weighted by Gasteiger charge is 2.29. The summed E-state index contributed by atoms with van der Waals surface area (Å²) in [6, 6.07) is 11.7. The molecule has 2 aromatic rings. The lowest BCUT2D eigenvalue weighted by Gasteiger charge is -2.17. The molecule has 1 aliphatic heterocycles. The number of nitrogens with zero attached hydrogens (tertiary/aromatic N) is 1. The van der Waals surface area contributed by atoms with Gasteiger partial charge in [0.15, 0.2) is 9.84 Å². The summed E-state index contributed by atoms with van der Waals surface area (Å²) in [5.41, 5.74) is 2.07. The number of carbonyl (C=O) groups excluding carboxylic acids is 2. The third-order valence-corrected chi connectivity index (χ3v) is 7.18. The van der Waals surface area contributed by atoms with Crippen LogP contribution in [0.1, 0.15) is 25.8 Å². The molecule has 1 N–H and O–H groups in total. The first-order valence-electron chi connectivity index (χ1n) is 9.32. The van der Waals surface area contributed by atoms with Crippen LogP contribution in [-0.4, -0.2) is 39.1 Å². The van der Waals surface area contributed by atoms with E-state index in [0.717, 1.165) is 11.3 Å². The Labute approximate surface area is 170 Å². The van der Waals surface area contributed by atoms with Crippen molar-refractivity contribution in [2.75, 3.05) is 23.9 Å². The average Bonchev–Trinajstić information content (AvgIpc) is 3.11. The van der Waals surface area contributed by atoms with E-state index in [1.165, 1.54) is 27.0 Å². The molecule has 154 valence electrons. The van der Waals surface area contributed by atoms with Crippen molar-refractivity contribution in [1.29, 1.82) is 0 Å². The Kier molecular flexibility index (Phi) is 5.93. The van der Waals surface area contributed by atoms with E-state index in [1.54, 1.807) is 41.3 Å². The fourth-order valence-corrected chi connectivity index (χ4v) is 4.83. The maximum atomic E-state index is 13.0. The minimum atomic E-state index is -3.70. The van der Waals surface area contributed by atoms with Gasteiger partial charge in [0.25, 0.3) is 0 Å². The molecular weight excluding hydrogens is 392 g/mol. The Morgan fingerprint density at radius 3 is 2.62 bits per heavy atom. The van der Waals surface area contributed by atoms with Crippen LogP contribution in [0.5, 0.6) is 5.75 Å². The highest BCUT2D eigenvalue weighted by molar-refractivity contribution is 7.92. The zero-order chi connectivity index (χ0) is 21.2. The minimum Gasteiger partial charge on any atom is -0.495 e. The molecule has 2 aromatic carbocycles. The Balaban J connectivity index is 1.74. The second-order valence-corrected chi connectivity index (χ2v) is 9.39. The SMILES string of the molecule is COc1ccccc1NC(=O)CC(C)S(=O)(=O)c1ccc2c(c1)CCN2C(C)=O. The van der Waals surface area contributed by atoms with Gasteiger partial charge in [-0.3, -0.25) is 9.59 Å². The second-order valence-electron chi connectivity index (χ2n) is 7.02. The van der Waals surface area contributed by atoms with Gasteiger partial charge >= 0.3 is 0 Å². The summed E-state index contributed by atoms with van der Waals surface area (Å²) < 4.78 is 31.1. The molecular formula is C21H24N2O5S. The largest absolute Gasteiger partial charge is 0.495 e. The van der Waals surface area contributed by atoms with Gasteiger partial charge in [-0.25, -0.2) is 8.42 Å². The number of para-hydroxylation sites is 2. The third-order valence-electron chi connectivity index (χ3n) is 5.04. The molecule has 0 saturated heterocycles. The summed E-state index contributed by atoms with van der Waals surface area (Å²) >= 11 is 0. The van der Waals surface area contributed by atoms with Gasteiger partial charge in [0, 0.05) is 25.6 Å². The van der Waals surface area contributed by atoms with Crippen molar-refractivity contribution in [3.05, 3.63) is 48.0 Å². The van der Waals surface area contributed by atoms with E-state index in [9.17, 15) is 18.0 Å². The van der Waals surface area contributed by atoms with Gasteiger partial charge in [-0.15, -0.1) is 0 Å². The Bertz CT molecular complexity index is 1050. The van der Waals surface area contributed by atoms with Crippen LogP contribution in [0.4, 0.5) is 11.4 Å². The Morgan fingerprint density at radius 2 is 1.93 bits per heavy atom. The normalized spacial score (nSPS) is 14.2. The number of rotatable bonds is 6. The monoisotopic (exact) mass is 416 g/mol. The van der Waals surface area contributed by atoms with Gasteiger partial charge in [0.2, 0.25) is 11.8 Å². The Morgan fingerprint density at radius 1 is 1.21 bits per heavy atom. The van der Waals surface area contributed by atoms with E-state index in [0.29, 0.717) is 24.4 Å². The molecule has 0 saturated carbocycles. The van der Waals surface area contributed by atoms with Crippen LogP contribution < -0.4 is 15.0 Å². The number of benzene rings is 2. The molecule has 0 radical (unpaired) electrons. The van der Waals surface area contributed by atoms with Gasteiger partial charge in [-0.05, 0) is 49.2 Å². The average molecular weight is 416 g/mol. The van der Waals surface area contributed by atoms with Crippen molar-refractivity contribution in [3.63, 3.8) is 0 Å². The first-order chi connectivity index (χ1) is 13.7. The zero-order valence-electron chi connectivity index (χ0n) is 16.6. The molecule has 3 rings (SSSR count). The van der Waals surface area contributed by atoms with Crippen LogP contribution in [0.2, 0.25) is 0 Å². The number of nitrogens with one attached hydrogen (secondary N) is 1. The molecule has 0 aromatic heterocycles. The second kappa shape index (κ2) is 8.24. The number of methoxy groups -OCH3 is 1. The maximum Gasteiger partial charge on any atom is 0.225 e. The molecule has 0 spiro atoms. The Hall–Kier alpha value is -2.87. The van der Waals surface area contributed by atoms with Crippen molar-refractivity contribution in [2.45, 2.75) is 36.8 Å². The number of amides is 2. The van der Waals surface area contributed by atoms with Crippen LogP contribution in [0.3, 0.4) is 0 Å². The summed E-state index contributed by atoms with van der Waals surface area (Å²) in [5.74, 6) is 0.0280. The molecule has 8 heteroatoms. The standard InChI is InChI=1S/C21H24N2O5S/c1-14(12-21(25)22-18-6-4-5-7-20(18)28-3)29(26,27)17-8-9-19-16(13-17)10-11-23(19)15(2)24/h4-9,13-14H,10-12H2,1-3H3,(H,22,25). The fraction of sp³-hybridized carbons (Fsp3) is 0.333. The number of fused-ring (bicyclic) bond motifs is 1. The van der Waals surface area contributed by atoms with Crippen LogP contribution >= 0.6 is 0 Å². The van der Waals surface area contributed by atoms with E-state index < -0.39 is 21.0 Å². The smallest absolute Gasteiger partial charge is 0.225 e. The molecule has 1 heterocycles. The number of anilines is 2. The van der Waals surface area contributed by atoms with E-state index in [1.807, 2.05) is 0 Å². The fourth-order valence-electron chi connectivity index (χ4n) is 3.43. The van der Waals surface area contributed by atoms with Crippen molar-refractivity contribution < 1.29 is 22.7 Å².